The van der Waals surface area contributed by atoms with Gasteiger partial charge in [0.25, 0.3) is 0 Å². The first-order valence-corrected chi connectivity index (χ1v) is 11.3. The molecule has 0 radical (unpaired) electrons. The fourth-order valence-electron chi connectivity index (χ4n) is 4.58. The number of hydrogen-bond acceptors (Lipinski definition) is 3. The summed E-state index contributed by atoms with van der Waals surface area (Å²) >= 11 is 6.14. The number of hydrogen-bond donors (Lipinski definition) is 3. The third-order valence-corrected chi connectivity index (χ3v) is 6.75. The zero-order valence-electron chi connectivity index (χ0n) is 17.4. The summed E-state index contributed by atoms with van der Waals surface area (Å²) in [5.74, 6) is 0.617. The van der Waals surface area contributed by atoms with Gasteiger partial charge in [-0.1, -0.05) is 30.9 Å². The molecule has 7 nitrogen and oxygen atoms in total. The number of carbonyl (C=O) groups is 2. The van der Waals surface area contributed by atoms with Gasteiger partial charge in [0, 0.05) is 52.6 Å². The van der Waals surface area contributed by atoms with Gasteiger partial charge in [-0.25, -0.2) is 4.79 Å². The van der Waals surface area contributed by atoms with E-state index in [1.165, 1.54) is 35.9 Å². The molecule has 5 rings (SSSR count). The molecule has 0 bridgehead atoms. The monoisotopic (exact) mass is 442 g/mol. The van der Waals surface area contributed by atoms with Crippen molar-refractivity contribution in [3.8, 4) is 6.07 Å². The molecule has 164 valence electrons. The predicted octanol–water partition coefficient (Wildman–Crippen LogP) is 4.60. The first kappa shape index (κ1) is 21.5. The molecule has 3 aliphatic rings. The standard InChI is InChI=1S/C18H21ClN2O.C5H6N2O2/c19-13-6-7-16-14(10-13)15-11-21(9-8-17(15)20-16)18(22)12-4-2-1-3-5-12;6-3-5(1-2-5)7-4(8)9/h6-7,10,12,20H,1-5,8-9,11H2;7H,1-2H2,(H,8,9). The average molecular weight is 443 g/mol. The second-order valence-corrected chi connectivity index (χ2v) is 9.18. The highest BCUT2D eigenvalue weighted by Crippen LogP contribution is 2.34. The summed E-state index contributed by atoms with van der Waals surface area (Å²) in [4.78, 5) is 28.3. The summed E-state index contributed by atoms with van der Waals surface area (Å²) in [6.07, 6.45) is 6.94. The fourth-order valence-corrected chi connectivity index (χ4v) is 4.75. The number of carboxylic acid groups (broad SMARTS) is 1. The number of aromatic amines is 1. The lowest BCUT2D eigenvalue weighted by molar-refractivity contribution is -0.137. The van der Waals surface area contributed by atoms with E-state index in [1.807, 2.05) is 24.3 Å². The first-order valence-electron chi connectivity index (χ1n) is 10.9. The van der Waals surface area contributed by atoms with E-state index in [1.54, 1.807) is 0 Å². The van der Waals surface area contributed by atoms with Crippen molar-refractivity contribution >= 4 is 34.5 Å². The number of carbonyl (C=O) groups excluding carboxylic acids is 1. The van der Waals surface area contributed by atoms with Crippen molar-refractivity contribution in [1.29, 1.82) is 5.26 Å². The SMILES string of the molecule is N#CC1(NC(=O)O)CC1.O=C(C1CCCCC1)N1CCc2[nH]c3ccc(Cl)cc3c2C1. The number of nitriles is 1. The number of nitrogens with one attached hydrogen (secondary N) is 2. The van der Waals surface area contributed by atoms with Crippen LogP contribution in [0.25, 0.3) is 10.9 Å². The maximum atomic E-state index is 12.8. The van der Waals surface area contributed by atoms with Crippen LogP contribution in [0, 0.1) is 17.2 Å². The molecule has 1 aromatic carbocycles. The number of amides is 2. The Balaban J connectivity index is 0.000000217. The third-order valence-electron chi connectivity index (χ3n) is 6.51. The molecule has 2 aliphatic carbocycles. The van der Waals surface area contributed by atoms with Crippen molar-refractivity contribution in [3.05, 3.63) is 34.5 Å². The van der Waals surface area contributed by atoms with Gasteiger partial charge in [0.1, 0.15) is 5.54 Å². The zero-order chi connectivity index (χ0) is 22.0. The van der Waals surface area contributed by atoms with Crippen LogP contribution in [-0.4, -0.2) is 39.1 Å². The van der Waals surface area contributed by atoms with Crippen LogP contribution in [0.4, 0.5) is 4.79 Å². The van der Waals surface area contributed by atoms with Gasteiger partial charge >= 0.3 is 6.09 Å². The highest BCUT2D eigenvalue weighted by atomic mass is 35.5. The maximum Gasteiger partial charge on any atom is 0.405 e. The Hall–Kier alpha value is -2.72. The summed E-state index contributed by atoms with van der Waals surface area (Å²) in [5, 5.41) is 20.5. The van der Waals surface area contributed by atoms with Crippen LogP contribution >= 0.6 is 11.6 Å². The molecule has 2 saturated carbocycles. The number of benzene rings is 1. The van der Waals surface area contributed by atoms with Crippen LogP contribution in [0.5, 0.6) is 0 Å². The van der Waals surface area contributed by atoms with E-state index in [9.17, 15) is 9.59 Å². The van der Waals surface area contributed by atoms with Crippen LogP contribution < -0.4 is 5.32 Å². The lowest BCUT2D eigenvalue weighted by Crippen LogP contribution is -2.40. The van der Waals surface area contributed by atoms with Gasteiger partial charge in [0.05, 0.1) is 6.07 Å². The highest BCUT2D eigenvalue weighted by Gasteiger charge is 2.44. The van der Waals surface area contributed by atoms with E-state index >= 15 is 0 Å². The van der Waals surface area contributed by atoms with Crippen LogP contribution in [-0.2, 0) is 17.8 Å². The topological polar surface area (TPSA) is 109 Å². The molecular formula is C23H27ClN4O3. The largest absolute Gasteiger partial charge is 0.465 e. The molecule has 0 spiro atoms. The summed E-state index contributed by atoms with van der Waals surface area (Å²) < 4.78 is 0. The molecule has 2 amide bonds. The molecular weight excluding hydrogens is 416 g/mol. The Kier molecular flexibility index (Phi) is 6.10. The molecule has 2 aromatic rings. The third kappa shape index (κ3) is 4.80. The van der Waals surface area contributed by atoms with E-state index in [0.717, 1.165) is 42.9 Å². The van der Waals surface area contributed by atoms with Crippen LogP contribution in [0.3, 0.4) is 0 Å². The number of fused-ring (bicyclic) bond motifs is 3. The van der Waals surface area contributed by atoms with E-state index in [2.05, 4.69) is 15.2 Å². The summed E-state index contributed by atoms with van der Waals surface area (Å²) in [6.45, 7) is 1.56. The highest BCUT2D eigenvalue weighted by molar-refractivity contribution is 6.31. The molecule has 8 heteroatoms. The lowest BCUT2D eigenvalue weighted by Gasteiger charge is -2.32. The van der Waals surface area contributed by atoms with E-state index in [0.29, 0.717) is 18.7 Å². The molecule has 0 atom stereocenters. The normalized spacial score (nSPS) is 19.5. The summed E-state index contributed by atoms with van der Waals surface area (Å²) in [6, 6.07) is 7.85. The Labute approximate surface area is 186 Å². The van der Waals surface area contributed by atoms with Crippen LogP contribution in [0.2, 0.25) is 5.02 Å². The zero-order valence-corrected chi connectivity index (χ0v) is 18.2. The van der Waals surface area contributed by atoms with Gasteiger partial charge < -0.3 is 20.3 Å². The van der Waals surface area contributed by atoms with Crippen molar-refractivity contribution < 1.29 is 14.7 Å². The van der Waals surface area contributed by atoms with Crippen LogP contribution in [0.1, 0.15) is 56.2 Å². The average Bonchev–Trinajstić information content (AvgIpc) is 3.45. The minimum Gasteiger partial charge on any atom is -0.465 e. The molecule has 0 saturated heterocycles. The van der Waals surface area contributed by atoms with E-state index in [-0.39, 0.29) is 5.92 Å². The van der Waals surface area contributed by atoms with Crippen molar-refractivity contribution in [2.24, 2.45) is 5.92 Å². The molecule has 2 fully saturated rings. The minimum absolute atomic E-state index is 0.254. The second-order valence-electron chi connectivity index (χ2n) is 8.74. The minimum atomic E-state index is -1.12. The second kappa shape index (κ2) is 8.80. The smallest absolute Gasteiger partial charge is 0.405 e. The van der Waals surface area contributed by atoms with E-state index in [4.69, 9.17) is 22.0 Å². The van der Waals surface area contributed by atoms with Gasteiger partial charge in [-0.2, -0.15) is 5.26 Å². The Morgan fingerprint density at radius 2 is 2.00 bits per heavy atom. The van der Waals surface area contributed by atoms with Crippen molar-refractivity contribution in [2.75, 3.05) is 6.54 Å². The quantitative estimate of drug-likeness (QED) is 0.631. The molecule has 31 heavy (non-hydrogen) atoms. The van der Waals surface area contributed by atoms with Crippen molar-refractivity contribution in [3.63, 3.8) is 0 Å². The summed E-state index contributed by atoms with van der Waals surface area (Å²) in [7, 11) is 0. The fraction of sp³-hybridized carbons (Fsp3) is 0.522. The summed E-state index contributed by atoms with van der Waals surface area (Å²) in [5.41, 5.74) is 2.92. The number of halogens is 1. The van der Waals surface area contributed by atoms with E-state index < -0.39 is 11.6 Å². The van der Waals surface area contributed by atoms with Gasteiger partial charge in [0.15, 0.2) is 0 Å². The van der Waals surface area contributed by atoms with Crippen LogP contribution in [0.15, 0.2) is 18.2 Å². The van der Waals surface area contributed by atoms with Crippen molar-refractivity contribution in [1.82, 2.24) is 15.2 Å². The van der Waals surface area contributed by atoms with Crippen molar-refractivity contribution in [2.45, 2.75) is 63.5 Å². The Morgan fingerprint density at radius 3 is 2.61 bits per heavy atom. The Bertz CT molecular complexity index is 1030. The maximum absolute atomic E-state index is 12.8. The number of aromatic nitrogens is 1. The van der Waals surface area contributed by atoms with Gasteiger partial charge in [-0.3, -0.25) is 4.79 Å². The van der Waals surface area contributed by atoms with Gasteiger partial charge in [-0.05, 0) is 43.9 Å². The van der Waals surface area contributed by atoms with Gasteiger partial charge in [-0.15, -0.1) is 0 Å². The molecule has 1 aliphatic heterocycles. The molecule has 3 N–H and O–H groups in total. The molecule has 2 heterocycles. The molecule has 1 aromatic heterocycles. The first-order chi connectivity index (χ1) is 14.9. The lowest BCUT2D eigenvalue weighted by atomic mass is 9.87. The molecule has 0 unspecified atom stereocenters. The predicted molar refractivity (Wildman–Crippen MR) is 118 cm³/mol. The Morgan fingerprint density at radius 1 is 1.26 bits per heavy atom. The number of H-pyrrole nitrogens is 1. The number of nitrogens with zero attached hydrogens (tertiary/aromatic N) is 2. The number of rotatable bonds is 2. The van der Waals surface area contributed by atoms with Gasteiger partial charge in [0.2, 0.25) is 5.91 Å².